The summed E-state index contributed by atoms with van der Waals surface area (Å²) in [4.78, 5) is 0. The average Bonchev–Trinajstić information content (AvgIpc) is 2.53. The van der Waals surface area contributed by atoms with E-state index < -0.39 is 0 Å². The summed E-state index contributed by atoms with van der Waals surface area (Å²) in [5.41, 5.74) is 0.888. The molecule has 0 aliphatic rings. The lowest BCUT2D eigenvalue weighted by Gasteiger charge is -2.01. The van der Waals surface area contributed by atoms with Crippen LogP contribution in [-0.4, -0.2) is 14.8 Å². The Balaban J connectivity index is 2.47. The van der Waals surface area contributed by atoms with E-state index >= 15 is 0 Å². The number of hydrogen-bond donors (Lipinski definition) is 0. The minimum absolute atomic E-state index is 0.335. The van der Waals surface area contributed by atoms with Crippen LogP contribution >= 0.6 is 23.2 Å². The molecule has 0 aliphatic carbocycles. The summed E-state index contributed by atoms with van der Waals surface area (Å²) in [5.74, 6) is 0. The topological polar surface area (TPSA) is 30.7 Å². The maximum Gasteiger partial charge on any atom is 0.229 e. The molecular weight excluding hydrogens is 209 g/mol. The molecule has 2 aromatic rings. The van der Waals surface area contributed by atoms with Crippen molar-refractivity contribution in [2.24, 2.45) is 0 Å². The zero-order valence-electron chi connectivity index (χ0n) is 6.48. The van der Waals surface area contributed by atoms with Crippen molar-refractivity contribution >= 4 is 23.2 Å². The van der Waals surface area contributed by atoms with Crippen LogP contribution < -0.4 is 0 Å². The number of benzene rings is 1. The van der Waals surface area contributed by atoms with Gasteiger partial charge in [0.05, 0.1) is 0 Å². The van der Waals surface area contributed by atoms with Crippen LogP contribution in [0.1, 0.15) is 0 Å². The highest BCUT2D eigenvalue weighted by molar-refractivity contribution is 6.30. The minimum Gasteiger partial charge on any atom is -0.272 e. The predicted molar refractivity (Wildman–Crippen MR) is 51.4 cm³/mol. The summed E-state index contributed by atoms with van der Waals surface area (Å²) in [6.07, 6.45) is 1.55. The number of rotatable bonds is 1. The molecule has 0 fully saturated rings. The molecule has 0 aliphatic heterocycles. The summed E-state index contributed by atoms with van der Waals surface area (Å²) >= 11 is 11.5. The van der Waals surface area contributed by atoms with Gasteiger partial charge < -0.3 is 0 Å². The van der Waals surface area contributed by atoms with Crippen molar-refractivity contribution in [2.75, 3.05) is 0 Å². The van der Waals surface area contributed by atoms with Gasteiger partial charge >= 0.3 is 0 Å². The number of halogens is 2. The summed E-state index contributed by atoms with van der Waals surface area (Å²) in [6, 6.07) is 7.26. The zero-order valence-corrected chi connectivity index (χ0v) is 8.00. The van der Waals surface area contributed by atoms with Crippen molar-refractivity contribution in [3.05, 3.63) is 40.9 Å². The van der Waals surface area contributed by atoms with Crippen molar-refractivity contribution in [1.82, 2.24) is 14.8 Å². The fourth-order valence-corrected chi connectivity index (χ4v) is 1.31. The fraction of sp³-hybridized carbons (Fsp3) is 0. The second-order valence-corrected chi connectivity index (χ2v) is 3.22. The van der Waals surface area contributed by atoms with Gasteiger partial charge in [0, 0.05) is 10.7 Å². The SMILES string of the molecule is Clc1ccc(-n2cnnc2Cl)cc1. The van der Waals surface area contributed by atoms with Crippen molar-refractivity contribution in [3.63, 3.8) is 0 Å². The largest absolute Gasteiger partial charge is 0.272 e. The molecule has 0 spiro atoms. The lowest BCUT2D eigenvalue weighted by Crippen LogP contribution is -1.91. The van der Waals surface area contributed by atoms with E-state index in [1.54, 1.807) is 23.0 Å². The van der Waals surface area contributed by atoms with Gasteiger partial charge in [-0.05, 0) is 35.9 Å². The predicted octanol–water partition coefficient (Wildman–Crippen LogP) is 2.57. The molecule has 0 N–H and O–H groups in total. The van der Waals surface area contributed by atoms with Gasteiger partial charge in [-0.25, -0.2) is 0 Å². The zero-order chi connectivity index (χ0) is 9.26. The van der Waals surface area contributed by atoms with E-state index in [9.17, 15) is 0 Å². The normalized spacial score (nSPS) is 10.3. The molecule has 13 heavy (non-hydrogen) atoms. The van der Waals surface area contributed by atoms with E-state index in [0.717, 1.165) is 5.69 Å². The molecule has 0 atom stereocenters. The number of hydrogen-bond acceptors (Lipinski definition) is 2. The quantitative estimate of drug-likeness (QED) is 0.730. The monoisotopic (exact) mass is 213 g/mol. The first-order valence-corrected chi connectivity index (χ1v) is 4.34. The summed E-state index contributed by atoms with van der Waals surface area (Å²) in [7, 11) is 0. The van der Waals surface area contributed by atoms with Crippen LogP contribution in [0.3, 0.4) is 0 Å². The van der Waals surface area contributed by atoms with Gasteiger partial charge in [-0.15, -0.1) is 10.2 Å². The molecule has 0 radical (unpaired) electrons. The molecule has 0 bridgehead atoms. The van der Waals surface area contributed by atoms with Gasteiger partial charge in [0.15, 0.2) is 0 Å². The van der Waals surface area contributed by atoms with Crippen LogP contribution in [0.5, 0.6) is 0 Å². The second kappa shape index (κ2) is 3.36. The van der Waals surface area contributed by atoms with Crippen molar-refractivity contribution in [3.8, 4) is 5.69 Å². The minimum atomic E-state index is 0.335. The van der Waals surface area contributed by atoms with E-state index in [4.69, 9.17) is 23.2 Å². The lowest BCUT2D eigenvalue weighted by molar-refractivity contribution is 1.06. The molecule has 66 valence electrons. The molecule has 0 amide bonds. The van der Waals surface area contributed by atoms with Gasteiger partial charge in [-0.3, -0.25) is 4.57 Å². The van der Waals surface area contributed by atoms with Crippen LogP contribution in [0.4, 0.5) is 0 Å². The van der Waals surface area contributed by atoms with Crippen molar-refractivity contribution < 1.29 is 0 Å². The standard InChI is InChI=1S/C8H5Cl2N3/c9-6-1-3-7(4-2-6)13-5-11-12-8(13)10/h1-5H. The third-order valence-electron chi connectivity index (χ3n) is 1.61. The average molecular weight is 214 g/mol. The molecule has 2 rings (SSSR count). The molecule has 1 aromatic carbocycles. The van der Waals surface area contributed by atoms with Gasteiger partial charge in [0.1, 0.15) is 6.33 Å². The Labute approximate surface area is 84.9 Å². The van der Waals surface area contributed by atoms with Crippen LogP contribution in [0.2, 0.25) is 10.3 Å². The molecule has 0 unspecified atom stereocenters. The molecular formula is C8H5Cl2N3. The van der Waals surface area contributed by atoms with Crippen molar-refractivity contribution in [1.29, 1.82) is 0 Å². The van der Waals surface area contributed by atoms with Gasteiger partial charge in [-0.1, -0.05) is 11.6 Å². The molecule has 1 aromatic heterocycles. The van der Waals surface area contributed by atoms with Crippen LogP contribution in [0, 0.1) is 0 Å². The third-order valence-corrected chi connectivity index (χ3v) is 2.12. The Morgan fingerprint density at radius 1 is 1.08 bits per heavy atom. The molecule has 1 heterocycles. The van der Waals surface area contributed by atoms with Crippen LogP contribution in [-0.2, 0) is 0 Å². The van der Waals surface area contributed by atoms with E-state index in [1.165, 1.54) is 0 Å². The smallest absolute Gasteiger partial charge is 0.229 e. The number of nitrogens with zero attached hydrogens (tertiary/aromatic N) is 3. The Morgan fingerprint density at radius 2 is 1.77 bits per heavy atom. The van der Waals surface area contributed by atoms with Gasteiger partial charge in [-0.2, -0.15) is 0 Å². The molecule has 0 saturated heterocycles. The molecule has 0 saturated carbocycles. The first kappa shape index (κ1) is 8.53. The Morgan fingerprint density at radius 3 is 2.31 bits per heavy atom. The van der Waals surface area contributed by atoms with E-state index in [2.05, 4.69) is 10.2 Å². The first-order valence-electron chi connectivity index (χ1n) is 3.59. The highest BCUT2D eigenvalue weighted by Gasteiger charge is 2.01. The molecule has 3 nitrogen and oxygen atoms in total. The summed E-state index contributed by atoms with van der Waals surface area (Å²) in [6.45, 7) is 0. The first-order chi connectivity index (χ1) is 6.27. The highest BCUT2D eigenvalue weighted by Crippen LogP contribution is 2.16. The number of aromatic nitrogens is 3. The second-order valence-electron chi connectivity index (χ2n) is 2.45. The Hall–Kier alpha value is -1.06. The van der Waals surface area contributed by atoms with E-state index in [1.807, 2.05) is 12.1 Å². The molecule has 5 heteroatoms. The van der Waals surface area contributed by atoms with Crippen molar-refractivity contribution in [2.45, 2.75) is 0 Å². The highest BCUT2D eigenvalue weighted by atomic mass is 35.5. The van der Waals surface area contributed by atoms with Crippen LogP contribution in [0.15, 0.2) is 30.6 Å². The summed E-state index contributed by atoms with van der Waals surface area (Å²) < 4.78 is 1.66. The third kappa shape index (κ3) is 1.66. The van der Waals surface area contributed by atoms with E-state index in [0.29, 0.717) is 10.3 Å². The van der Waals surface area contributed by atoms with E-state index in [-0.39, 0.29) is 0 Å². The van der Waals surface area contributed by atoms with Gasteiger partial charge in [0.25, 0.3) is 0 Å². The maximum atomic E-state index is 5.77. The Kier molecular flexibility index (Phi) is 2.20. The lowest BCUT2D eigenvalue weighted by atomic mass is 10.3. The van der Waals surface area contributed by atoms with Gasteiger partial charge in [0.2, 0.25) is 5.28 Å². The summed E-state index contributed by atoms with van der Waals surface area (Å²) in [5, 5.41) is 8.35. The Bertz CT molecular complexity index is 408. The van der Waals surface area contributed by atoms with Crippen LogP contribution in [0.25, 0.3) is 5.69 Å². The maximum absolute atomic E-state index is 5.77. The fourth-order valence-electron chi connectivity index (χ4n) is 0.996.